The number of amides is 7. The Labute approximate surface area is 377 Å². The van der Waals surface area contributed by atoms with Gasteiger partial charge >= 0.3 is 0 Å². The van der Waals surface area contributed by atoms with Gasteiger partial charge < -0.3 is 79.3 Å². The Balaban J connectivity index is 2.34. The summed E-state index contributed by atoms with van der Waals surface area (Å²) in [5, 5.41) is 25.7. The van der Waals surface area contributed by atoms with Crippen molar-refractivity contribution in [3.63, 3.8) is 0 Å². The van der Waals surface area contributed by atoms with Crippen LogP contribution in [0.5, 0.6) is 0 Å². The predicted octanol–water partition coefficient (Wildman–Crippen LogP) is -5.45. The summed E-state index contributed by atoms with van der Waals surface area (Å²) < 4.78 is 16.4. The van der Waals surface area contributed by atoms with Crippen LogP contribution in [-0.4, -0.2) is 195 Å². The fourth-order valence-corrected chi connectivity index (χ4v) is 6.05. The normalized spacial score (nSPS) is 15.8. The SMILES string of the molecule is CC[C@H](C)[C@H](NC(=O)CNC(=O)CNC(=O)[C@H](CC(C)C)NC(=O)COCCOCCOCCNC(=O)CN1CCNCCNCCNCC1)C(=O)N[C@@H](CCCN=C(N)N)C(N)=O. The molecule has 0 spiro atoms. The number of nitrogens with zero attached hydrogens (tertiary/aromatic N) is 2. The lowest BCUT2D eigenvalue weighted by Gasteiger charge is -2.26. The van der Waals surface area contributed by atoms with Gasteiger partial charge in [0.1, 0.15) is 24.7 Å². The van der Waals surface area contributed by atoms with Crippen molar-refractivity contribution in [2.24, 2.45) is 34.0 Å². The van der Waals surface area contributed by atoms with Crippen molar-refractivity contribution in [2.45, 2.75) is 71.5 Å². The standard InChI is InChI=1S/C40H78N14O10/c1-5-29(4)36(39(61)52-30(37(41)59)7-6-8-48-40(42)43)53-33(56)25-49-32(55)24-50-38(60)31(23-28(2)3)51-35(58)27-64-22-21-63-20-19-62-18-15-47-34(57)26-54-16-13-45-11-9-44-10-12-46-14-17-54/h28-31,36,44-46H,5-27H2,1-4H3,(H2,41,59)(H,47,57)(H,49,55)(H,50,60)(H,51,58)(H,52,61)(H,53,56)(H4,42,43,48)/t29-,30-,31-,36-/m0/s1. The largest absolute Gasteiger partial charge is 0.377 e. The lowest BCUT2D eigenvalue weighted by Crippen LogP contribution is -2.56. The summed E-state index contributed by atoms with van der Waals surface area (Å²) in [6, 6.07) is -3.01. The van der Waals surface area contributed by atoms with E-state index in [0.29, 0.717) is 45.8 Å². The first-order valence-electron chi connectivity index (χ1n) is 22.2. The number of guanidine groups is 1. The van der Waals surface area contributed by atoms with E-state index in [1.807, 2.05) is 20.8 Å². The van der Waals surface area contributed by atoms with Crippen LogP contribution in [0.4, 0.5) is 0 Å². The average molecular weight is 915 g/mol. The lowest BCUT2D eigenvalue weighted by atomic mass is 9.97. The number of aliphatic imine (C=N–C) groups is 1. The Morgan fingerprint density at radius 3 is 1.84 bits per heavy atom. The zero-order chi connectivity index (χ0) is 47.5. The highest BCUT2D eigenvalue weighted by Gasteiger charge is 2.29. The number of hydrogen-bond acceptors (Lipinski definition) is 15. The van der Waals surface area contributed by atoms with E-state index >= 15 is 0 Å². The third-order valence-corrected chi connectivity index (χ3v) is 9.72. The molecule has 24 nitrogen and oxygen atoms in total. The van der Waals surface area contributed by atoms with Crippen molar-refractivity contribution in [3.05, 3.63) is 0 Å². The summed E-state index contributed by atoms with van der Waals surface area (Å²) in [5.41, 5.74) is 16.1. The molecule has 0 saturated carbocycles. The summed E-state index contributed by atoms with van der Waals surface area (Å²) in [5.74, 6) is -4.36. The Bertz CT molecular complexity index is 1410. The second-order valence-electron chi connectivity index (χ2n) is 15.7. The molecule has 1 aliphatic heterocycles. The molecular formula is C40H78N14O10. The fraction of sp³-hybridized carbons (Fsp3) is 0.800. The first kappa shape index (κ1) is 57.3. The smallest absolute Gasteiger partial charge is 0.246 e. The highest BCUT2D eigenvalue weighted by molar-refractivity contribution is 5.94. The zero-order valence-corrected chi connectivity index (χ0v) is 38.4. The van der Waals surface area contributed by atoms with E-state index in [9.17, 15) is 33.6 Å². The first-order valence-corrected chi connectivity index (χ1v) is 22.2. The maximum atomic E-state index is 13.1. The van der Waals surface area contributed by atoms with E-state index in [1.54, 1.807) is 6.92 Å². The van der Waals surface area contributed by atoms with Gasteiger partial charge in [0.15, 0.2) is 5.96 Å². The number of rotatable bonds is 31. The number of nitrogens with two attached hydrogens (primary N) is 3. The van der Waals surface area contributed by atoms with Crippen molar-refractivity contribution < 1.29 is 47.8 Å². The van der Waals surface area contributed by atoms with Crippen molar-refractivity contribution in [1.29, 1.82) is 0 Å². The molecule has 4 atom stereocenters. The van der Waals surface area contributed by atoms with Gasteiger partial charge in [-0.2, -0.15) is 0 Å². The van der Waals surface area contributed by atoms with E-state index < -0.39 is 66.7 Å². The Hall–Kier alpha value is -4.72. The van der Waals surface area contributed by atoms with E-state index in [0.717, 1.165) is 52.4 Å². The second-order valence-corrected chi connectivity index (χ2v) is 15.7. The highest BCUT2D eigenvalue weighted by Crippen LogP contribution is 2.10. The lowest BCUT2D eigenvalue weighted by molar-refractivity contribution is -0.133. The Kier molecular flexibility index (Phi) is 31.9. The van der Waals surface area contributed by atoms with Gasteiger partial charge in [-0.3, -0.25) is 43.5 Å². The van der Waals surface area contributed by atoms with Crippen molar-refractivity contribution in [2.75, 3.05) is 125 Å². The summed E-state index contributed by atoms with van der Waals surface area (Å²) in [7, 11) is 0. The van der Waals surface area contributed by atoms with Crippen LogP contribution in [0.3, 0.4) is 0 Å². The van der Waals surface area contributed by atoms with Gasteiger partial charge in [0.2, 0.25) is 41.4 Å². The molecule has 1 saturated heterocycles. The maximum Gasteiger partial charge on any atom is 0.246 e. The number of ether oxygens (including phenoxy) is 3. The van der Waals surface area contributed by atoms with Crippen LogP contribution in [-0.2, 0) is 47.8 Å². The first-order chi connectivity index (χ1) is 30.6. The monoisotopic (exact) mass is 915 g/mol. The zero-order valence-electron chi connectivity index (χ0n) is 38.4. The number of carbonyl (C=O) groups is 7. The minimum absolute atomic E-state index is 0.0198. The molecule has 0 bridgehead atoms. The number of carbonyl (C=O) groups excluding carboxylic acids is 7. The molecule has 368 valence electrons. The van der Waals surface area contributed by atoms with Crippen molar-refractivity contribution in [1.82, 2.24) is 52.8 Å². The minimum atomic E-state index is -1.04. The summed E-state index contributed by atoms with van der Waals surface area (Å²) >= 11 is 0. The molecule has 0 aromatic rings. The molecule has 0 aromatic heterocycles. The van der Waals surface area contributed by atoms with Crippen LogP contribution in [0.15, 0.2) is 4.99 Å². The average Bonchev–Trinajstić information content (AvgIpc) is 3.24. The van der Waals surface area contributed by atoms with Crippen LogP contribution in [0, 0.1) is 11.8 Å². The van der Waals surface area contributed by atoms with Crippen LogP contribution >= 0.6 is 0 Å². The molecule has 15 N–H and O–H groups in total. The predicted molar refractivity (Wildman–Crippen MR) is 240 cm³/mol. The Morgan fingerprint density at radius 2 is 1.25 bits per heavy atom. The summed E-state index contributed by atoms with van der Waals surface area (Å²) in [6.07, 6.45) is 1.33. The second kappa shape index (κ2) is 35.6. The molecule has 0 aliphatic carbocycles. The number of hydrogen-bond donors (Lipinski definition) is 12. The van der Waals surface area contributed by atoms with Crippen LogP contribution in [0.25, 0.3) is 0 Å². The third kappa shape index (κ3) is 29.6. The number of nitrogens with one attached hydrogen (secondary N) is 9. The summed E-state index contributed by atoms with van der Waals surface area (Å²) in [6.45, 7) is 15.0. The minimum Gasteiger partial charge on any atom is -0.377 e. The maximum absolute atomic E-state index is 13.1. The van der Waals surface area contributed by atoms with Gasteiger partial charge in [0.05, 0.1) is 52.7 Å². The van der Waals surface area contributed by atoms with Crippen molar-refractivity contribution >= 4 is 47.3 Å². The molecule has 64 heavy (non-hydrogen) atoms. The van der Waals surface area contributed by atoms with E-state index in [-0.39, 0.29) is 62.9 Å². The van der Waals surface area contributed by atoms with E-state index in [1.165, 1.54) is 0 Å². The van der Waals surface area contributed by atoms with Gasteiger partial charge in [0.25, 0.3) is 0 Å². The van der Waals surface area contributed by atoms with Gasteiger partial charge in [-0.05, 0) is 31.1 Å². The molecular weight excluding hydrogens is 837 g/mol. The molecule has 1 fully saturated rings. The molecule has 7 amide bonds. The molecule has 0 unspecified atom stereocenters. The molecule has 0 radical (unpaired) electrons. The molecule has 1 heterocycles. The van der Waals surface area contributed by atoms with E-state index in [2.05, 4.69) is 57.7 Å². The van der Waals surface area contributed by atoms with Gasteiger partial charge in [-0.1, -0.05) is 34.1 Å². The molecule has 24 heteroatoms. The van der Waals surface area contributed by atoms with Crippen LogP contribution in [0.1, 0.15) is 53.4 Å². The highest BCUT2D eigenvalue weighted by atomic mass is 16.5. The third-order valence-electron chi connectivity index (χ3n) is 9.72. The quantitative estimate of drug-likeness (QED) is 0.0175. The molecule has 0 aromatic carbocycles. The molecule has 1 aliphatic rings. The van der Waals surface area contributed by atoms with Crippen LogP contribution < -0.4 is 65.1 Å². The number of primary amides is 1. The van der Waals surface area contributed by atoms with Crippen LogP contribution in [0.2, 0.25) is 0 Å². The topological polar surface area (TPSA) is 349 Å². The van der Waals surface area contributed by atoms with Gasteiger partial charge in [-0.25, -0.2) is 0 Å². The summed E-state index contributed by atoms with van der Waals surface area (Å²) in [4.78, 5) is 94.4. The van der Waals surface area contributed by atoms with Gasteiger partial charge in [-0.15, -0.1) is 0 Å². The molecule has 1 rings (SSSR count). The Morgan fingerprint density at radius 1 is 0.656 bits per heavy atom. The fourth-order valence-electron chi connectivity index (χ4n) is 6.05. The van der Waals surface area contributed by atoms with Gasteiger partial charge in [0, 0.05) is 65.4 Å². The van der Waals surface area contributed by atoms with E-state index in [4.69, 9.17) is 31.4 Å². The van der Waals surface area contributed by atoms with Crippen molar-refractivity contribution in [3.8, 4) is 0 Å².